The fraction of sp³-hybridized carbons (Fsp3) is 0.455. The number of benzene rings is 1. The van der Waals surface area contributed by atoms with Gasteiger partial charge in [0.25, 0.3) is 5.91 Å². The van der Waals surface area contributed by atoms with Crippen molar-refractivity contribution < 1.29 is 9.59 Å². The topological polar surface area (TPSA) is 66.4 Å². The molecule has 2 amide bonds. The highest BCUT2D eigenvalue weighted by Crippen LogP contribution is 2.45. The van der Waals surface area contributed by atoms with Crippen molar-refractivity contribution in [1.29, 1.82) is 0 Å². The Bertz CT molecular complexity index is 832. The molecule has 0 N–H and O–H groups in total. The number of likely N-dealkylation sites (N-methyl/N-ethyl adjacent to an activating group) is 1. The van der Waals surface area contributed by atoms with Crippen molar-refractivity contribution in [2.24, 2.45) is 5.41 Å². The first-order chi connectivity index (χ1) is 13.6. The fourth-order valence-electron chi connectivity index (χ4n) is 4.63. The molecule has 2 aromatic rings. The third-order valence-electron chi connectivity index (χ3n) is 6.26. The zero-order valence-electron chi connectivity index (χ0n) is 16.3. The van der Waals surface area contributed by atoms with Gasteiger partial charge in [-0.25, -0.2) is 0 Å². The number of likely N-dealkylation sites (tertiary alicyclic amines) is 2. The smallest absolute Gasteiger partial charge is 0.274 e. The van der Waals surface area contributed by atoms with Gasteiger partial charge in [-0.15, -0.1) is 5.10 Å². The number of piperidine rings is 2. The van der Waals surface area contributed by atoms with E-state index >= 15 is 0 Å². The molecule has 2 saturated heterocycles. The van der Waals surface area contributed by atoms with E-state index in [1.165, 1.54) is 0 Å². The largest absolute Gasteiger partial charge is 0.342 e. The molecule has 0 saturated carbocycles. The van der Waals surface area contributed by atoms with Crippen LogP contribution < -0.4 is 0 Å². The van der Waals surface area contributed by atoms with E-state index in [1.54, 1.807) is 18.3 Å². The minimum Gasteiger partial charge on any atom is -0.342 e. The molecule has 2 aliphatic heterocycles. The van der Waals surface area contributed by atoms with Gasteiger partial charge in [0, 0.05) is 32.4 Å². The SMILES string of the molecule is CCN1CC2(CCN(C(=O)c3cccnn3)CC2)C[C@@H](c2ccccc2)C1=O. The molecule has 6 heteroatoms. The molecule has 1 spiro atoms. The fourth-order valence-corrected chi connectivity index (χ4v) is 4.63. The molecule has 2 aliphatic rings. The lowest BCUT2D eigenvalue weighted by atomic mass is 9.67. The van der Waals surface area contributed by atoms with Gasteiger partial charge in [-0.1, -0.05) is 30.3 Å². The standard InChI is InChI=1S/C22H26N4O2/c1-2-25-16-22(15-18(20(25)27)17-7-4-3-5-8-17)10-13-26(14-11-22)21(28)19-9-6-12-23-24-19/h3-9,12,18H,2,10-11,13-16H2,1H3/t18-/m0/s1. The minimum atomic E-state index is -0.0860. The molecule has 0 bridgehead atoms. The van der Waals surface area contributed by atoms with E-state index in [-0.39, 0.29) is 23.1 Å². The molecule has 3 heterocycles. The summed E-state index contributed by atoms with van der Waals surface area (Å²) in [6, 6.07) is 13.6. The normalized spacial score (nSPS) is 21.8. The lowest BCUT2D eigenvalue weighted by molar-refractivity contribution is -0.141. The summed E-state index contributed by atoms with van der Waals surface area (Å²) in [7, 11) is 0. The van der Waals surface area contributed by atoms with Crippen LogP contribution in [0.4, 0.5) is 0 Å². The molecule has 0 aliphatic carbocycles. The number of amides is 2. The maximum absolute atomic E-state index is 13.0. The van der Waals surface area contributed by atoms with Gasteiger partial charge in [0.2, 0.25) is 5.91 Å². The second-order valence-corrected chi connectivity index (χ2v) is 7.92. The number of hydrogen-bond donors (Lipinski definition) is 0. The molecular weight excluding hydrogens is 352 g/mol. The van der Waals surface area contributed by atoms with Gasteiger partial charge in [-0.3, -0.25) is 9.59 Å². The number of carbonyl (C=O) groups is 2. The summed E-state index contributed by atoms with van der Waals surface area (Å²) in [5.41, 5.74) is 1.57. The molecule has 6 nitrogen and oxygen atoms in total. The molecule has 1 aromatic carbocycles. The average Bonchev–Trinajstić information content (AvgIpc) is 2.76. The predicted molar refractivity (Wildman–Crippen MR) is 106 cm³/mol. The van der Waals surface area contributed by atoms with Gasteiger partial charge in [-0.2, -0.15) is 5.10 Å². The first kappa shape index (κ1) is 18.6. The summed E-state index contributed by atoms with van der Waals surface area (Å²) in [5.74, 6) is 0.0938. The second kappa shape index (κ2) is 7.70. The summed E-state index contributed by atoms with van der Waals surface area (Å²) in [6.07, 6.45) is 4.25. The summed E-state index contributed by atoms with van der Waals surface area (Å²) in [5, 5.41) is 7.77. The number of nitrogens with zero attached hydrogens (tertiary/aromatic N) is 4. The summed E-state index contributed by atoms with van der Waals surface area (Å²) >= 11 is 0. The first-order valence-corrected chi connectivity index (χ1v) is 10.0. The highest BCUT2D eigenvalue weighted by molar-refractivity contribution is 5.92. The molecule has 1 atom stereocenters. The molecule has 0 unspecified atom stereocenters. The van der Waals surface area contributed by atoms with Crippen LogP contribution in [0.3, 0.4) is 0 Å². The summed E-state index contributed by atoms with van der Waals surface area (Å²) in [4.78, 5) is 29.6. The number of aromatic nitrogens is 2. The van der Waals surface area contributed by atoms with E-state index in [4.69, 9.17) is 0 Å². The Balaban J connectivity index is 1.50. The van der Waals surface area contributed by atoms with Gasteiger partial charge in [-0.05, 0) is 49.3 Å². The van der Waals surface area contributed by atoms with E-state index in [2.05, 4.69) is 22.3 Å². The van der Waals surface area contributed by atoms with Crippen LogP contribution in [-0.2, 0) is 4.79 Å². The van der Waals surface area contributed by atoms with Crippen LogP contribution in [0.15, 0.2) is 48.7 Å². The molecule has 1 aromatic heterocycles. The number of rotatable bonds is 3. The van der Waals surface area contributed by atoms with Crippen molar-refractivity contribution >= 4 is 11.8 Å². The predicted octanol–water partition coefficient (Wildman–Crippen LogP) is 2.74. The van der Waals surface area contributed by atoms with Crippen LogP contribution in [0.2, 0.25) is 0 Å². The van der Waals surface area contributed by atoms with E-state index in [1.807, 2.05) is 34.9 Å². The molecule has 2 fully saturated rings. The molecule has 146 valence electrons. The Morgan fingerprint density at radius 1 is 1.14 bits per heavy atom. The molecule has 0 radical (unpaired) electrons. The monoisotopic (exact) mass is 378 g/mol. The second-order valence-electron chi connectivity index (χ2n) is 7.92. The van der Waals surface area contributed by atoms with Crippen molar-refractivity contribution in [2.45, 2.75) is 32.1 Å². The van der Waals surface area contributed by atoms with Crippen molar-refractivity contribution in [1.82, 2.24) is 20.0 Å². The minimum absolute atomic E-state index is 0.0539. The summed E-state index contributed by atoms with van der Waals surface area (Å²) < 4.78 is 0. The van der Waals surface area contributed by atoms with Gasteiger partial charge in [0.15, 0.2) is 5.69 Å². The van der Waals surface area contributed by atoms with Gasteiger partial charge >= 0.3 is 0 Å². The van der Waals surface area contributed by atoms with Crippen LogP contribution in [0.25, 0.3) is 0 Å². The Hall–Kier alpha value is -2.76. The number of hydrogen-bond acceptors (Lipinski definition) is 4. The van der Waals surface area contributed by atoms with Crippen molar-refractivity contribution in [3.63, 3.8) is 0 Å². The van der Waals surface area contributed by atoms with Crippen molar-refractivity contribution in [3.05, 3.63) is 59.9 Å². The van der Waals surface area contributed by atoms with Gasteiger partial charge < -0.3 is 9.80 Å². The summed E-state index contributed by atoms with van der Waals surface area (Å²) in [6.45, 7) is 4.96. The van der Waals surface area contributed by atoms with E-state index in [0.29, 0.717) is 18.8 Å². The highest BCUT2D eigenvalue weighted by atomic mass is 16.2. The van der Waals surface area contributed by atoms with E-state index in [0.717, 1.165) is 37.9 Å². The molecular formula is C22H26N4O2. The van der Waals surface area contributed by atoms with E-state index < -0.39 is 0 Å². The maximum atomic E-state index is 13.0. The Morgan fingerprint density at radius 2 is 1.89 bits per heavy atom. The first-order valence-electron chi connectivity index (χ1n) is 10.0. The van der Waals surface area contributed by atoms with E-state index in [9.17, 15) is 9.59 Å². The third-order valence-corrected chi connectivity index (χ3v) is 6.26. The van der Waals surface area contributed by atoms with Crippen LogP contribution in [0.1, 0.15) is 48.2 Å². The lowest BCUT2D eigenvalue weighted by Gasteiger charge is -2.49. The highest BCUT2D eigenvalue weighted by Gasteiger charge is 2.46. The van der Waals surface area contributed by atoms with Gasteiger partial charge in [0.05, 0.1) is 5.92 Å². The van der Waals surface area contributed by atoms with Crippen LogP contribution in [0, 0.1) is 5.41 Å². The maximum Gasteiger partial charge on any atom is 0.274 e. The molecule has 28 heavy (non-hydrogen) atoms. The zero-order chi connectivity index (χ0) is 19.6. The van der Waals surface area contributed by atoms with Gasteiger partial charge in [0.1, 0.15) is 0 Å². The van der Waals surface area contributed by atoms with Crippen molar-refractivity contribution in [2.75, 3.05) is 26.2 Å². The Labute approximate surface area is 165 Å². The number of carbonyl (C=O) groups excluding carboxylic acids is 2. The average molecular weight is 378 g/mol. The quantitative estimate of drug-likeness (QED) is 0.824. The van der Waals surface area contributed by atoms with Crippen LogP contribution >= 0.6 is 0 Å². The van der Waals surface area contributed by atoms with Crippen LogP contribution in [-0.4, -0.2) is 58.0 Å². The Morgan fingerprint density at radius 3 is 2.54 bits per heavy atom. The lowest BCUT2D eigenvalue weighted by Crippen LogP contribution is -2.54. The Kier molecular flexibility index (Phi) is 5.11. The molecule has 4 rings (SSSR count). The third kappa shape index (κ3) is 3.51. The van der Waals surface area contributed by atoms with Crippen molar-refractivity contribution in [3.8, 4) is 0 Å². The zero-order valence-corrected chi connectivity index (χ0v) is 16.3. The van der Waals surface area contributed by atoms with Crippen LogP contribution in [0.5, 0.6) is 0 Å².